The van der Waals surface area contributed by atoms with Crippen molar-refractivity contribution in [2.45, 2.75) is 18.9 Å². The predicted octanol–water partition coefficient (Wildman–Crippen LogP) is 1.77. The Morgan fingerprint density at radius 1 is 1.09 bits per heavy atom. The summed E-state index contributed by atoms with van der Waals surface area (Å²) in [5.41, 5.74) is 0.610. The fourth-order valence-electron chi connectivity index (χ4n) is 2.87. The summed E-state index contributed by atoms with van der Waals surface area (Å²) in [6.07, 6.45) is 5.07. The second-order valence-corrected chi connectivity index (χ2v) is 5.44. The molecule has 0 atom stereocenters. The number of likely N-dealkylation sites (tertiary alicyclic amines) is 1. The van der Waals surface area contributed by atoms with E-state index < -0.39 is 0 Å². The number of methoxy groups -OCH3 is 2. The number of carbonyl (C=O) groups is 1. The molecule has 23 heavy (non-hydrogen) atoms. The van der Waals surface area contributed by atoms with Crippen molar-refractivity contribution in [1.82, 2.24) is 19.9 Å². The van der Waals surface area contributed by atoms with Crippen LogP contribution in [0.2, 0.25) is 0 Å². The first-order chi connectivity index (χ1) is 11.2. The summed E-state index contributed by atoms with van der Waals surface area (Å²) in [5.74, 6) is 1.19. The largest absolute Gasteiger partial charge is 0.493 e. The van der Waals surface area contributed by atoms with Crippen molar-refractivity contribution in [3.63, 3.8) is 0 Å². The van der Waals surface area contributed by atoms with Crippen LogP contribution < -0.4 is 9.47 Å². The van der Waals surface area contributed by atoms with Gasteiger partial charge in [-0.15, -0.1) is 0 Å². The molecule has 1 saturated heterocycles. The molecule has 0 bridgehead atoms. The Morgan fingerprint density at radius 2 is 1.74 bits per heavy atom. The molecule has 2 aromatic rings. The van der Waals surface area contributed by atoms with E-state index in [-0.39, 0.29) is 11.9 Å². The molecule has 3 rings (SSSR count). The number of hydrogen-bond acceptors (Lipinski definition) is 5. The van der Waals surface area contributed by atoms with Crippen molar-refractivity contribution in [2.75, 3.05) is 27.3 Å². The third kappa shape index (κ3) is 3.13. The summed E-state index contributed by atoms with van der Waals surface area (Å²) < 4.78 is 10.5. The number of nitrogens with zero attached hydrogens (tertiary/aromatic N) is 4. The van der Waals surface area contributed by atoms with Gasteiger partial charge in [-0.05, 0) is 31.0 Å². The number of hydrogen-bond donors (Lipinski definition) is 0. The van der Waals surface area contributed by atoms with Gasteiger partial charge in [0.15, 0.2) is 11.5 Å². The summed E-state index contributed by atoms with van der Waals surface area (Å²) in [4.78, 5) is 16.2. The lowest BCUT2D eigenvalue weighted by Gasteiger charge is -2.31. The van der Waals surface area contributed by atoms with E-state index in [1.54, 1.807) is 49.6 Å². The van der Waals surface area contributed by atoms with Crippen LogP contribution in [0.1, 0.15) is 29.2 Å². The highest BCUT2D eigenvalue weighted by Crippen LogP contribution is 2.29. The zero-order valence-electron chi connectivity index (χ0n) is 13.3. The first-order valence-corrected chi connectivity index (χ1v) is 7.60. The number of ether oxygens (including phenoxy) is 2. The topological polar surface area (TPSA) is 69.5 Å². The maximum Gasteiger partial charge on any atom is 0.253 e. The number of benzene rings is 1. The minimum Gasteiger partial charge on any atom is -0.493 e. The molecule has 0 saturated carbocycles. The van der Waals surface area contributed by atoms with Crippen LogP contribution in [0.4, 0.5) is 0 Å². The fraction of sp³-hybridized carbons (Fsp3) is 0.438. The first kappa shape index (κ1) is 15.3. The second kappa shape index (κ2) is 6.68. The Morgan fingerprint density at radius 3 is 2.35 bits per heavy atom. The van der Waals surface area contributed by atoms with Crippen LogP contribution in [0.15, 0.2) is 30.6 Å². The van der Waals surface area contributed by atoms with Gasteiger partial charge in [0.2, 0.25) is 0 Å². The molecule has 122 valence electrons. The highest BCUT2D eigenvalue weighted by Gasteiger charge is 2.25. The molecule has 0 spiro atoms. The van der Waals surface area contributed by atoms with E-state index in [2.05, 4.69) is 10.2 Å². The minimum absolute atomic E-state index is 0.0119. The van der Waals surface area contributed by atoms with Gasteiger partial charge in [0.1, 0.15) is 0 Å². The van der Waals surface area contributed by atoms with Crippen molar-refractivity contribution < 1.29 is 14.3 Å². The highest BCUT2D eigenvalue weighted by atomic mass is 16.5. The molecule has 2 heterocycles. The normalized spacial score (nSPS) is 15.5. The Hall–Kier alpha value is -2.57. The predicted molar refractivity (Wildman–Crippen MR) is 83.7 cm³/mol. The van der Waals surface area contributed by atoms with Crippen molar-refractivity contribution in [2.24, 2.45) is 0 Å². The van der Waals surface area contributed by atoms with Crippen LogP contribution in [-0.4, -0.2) is 53.1 Å². The number of aromatic nitrogens is 3. The molecule has 0 aliphatic carbocycles. The molecule has 1 aliphatic heterocycles. The van der Waals surface area contributed by atoms with E-state index >= 15 is 0 Å². The number of amides is 1. The first-order valence-electron chi connectivity index (χ1n) is 7.60. The Balaban J connectivity index is 1.67. The summed E-state index contributed by atoms with van der Waals surface area (Å²) in [6.45, 7) is 1.39. The minimum atomic E-state index is 0.0119. The molecule has 1 aromatic heterocycles. The lowest BCUT2D eigenvalue weighted by Crippen LogP contribution is -2.39. The number of piperidine rings is 1. The van der Waals surface area contributed by atoms with Gasteiger partial charge in [-0.1, -0.05) is 0 Å². The standard InChI is InChI=1S/C16H20N4O3/c1-22-14-4-3-12(11-15(14)23-2)16(21)19-9-5-13(6-10-19)20-17-7-8-18-20/h3-4,7-8,11,13H,5-6,9-10H2,1-2H3. The van der Waals surface area contributed by atoms with Gasteiger partial charge in [0.25, 0.3) is 5.91 Å². The molecule has 0 N–H and O–H groups in total. The third-order valence-corrected chi connectivity index (χ3v) is 4.15. The van der Waals surface area contributed by atoms with E-state index in [0.29, 0.717) is 30.2 Å². The average molecular weight is 316 g/mol. The molecule has 0 unspecified atom stereocenters. The van der Waals surface area contributed by atoms with Crippen LogP contribution in [0, 0.1) is 0 Å². The maximum absolute atomic E-state index is 12.7. The molecule has 1 aliphatic rings. The van der Waals surface area contributed by atoms with Crippen molar-refractivity contribution in [3.8, 4) is 11.5 Å². The molecular formula is C16H20N4O3. The van der Waals surface area contributed by atoms with Crippen molar-refractivity contribution in [3.05, 3.63) is 36.2 Å². The van der Waals surface area contributed by atoms with Crippen LogP contribution in [0.5, 0.6) is 11.5 Å². The van der Waals surface area contributed by atoms with Crippen LogP contribution in [0.25, 0.3) is 0 Å². The number of rotatable bonds is 4. The molecule has 7 heteroatoms. The van der Waals surface area contributed by atoms with Crippen molar-refractivity contribution >= 4 is 5.91 Å². The molecule has 1 amide bonds. The highest BCUT2D eigenvalue weighted by molar-refractivity contribution is 5.95. The zero-order valence-corrected chi connectivity index (χ0v) is 13.3. The Labute approximate surface area is 134 Å². The van der Waals surface area contributed by atoms with Crippen molar-refractivity contribution in [1.29, 1.82) is 0 Å². The van der Waals surface area contributed by atoms with Gasteiger partial charge in [-0.25, -0.2) is 0 Å². The molecular weight excluding hydrogens is 296 g/mol. The quantitative estimate of drug-likeness (QED) is 0.860. The fourth-order valence-corrected chi connectivity index (χ4v) is 2.87. The summed E-state index contributed by atoms with van der Waals surface area (Å²) in [6, 6.07) is 5.51. The van der Waals surface area contributed by atoms with Crippen LogP contribution in [0.3, 0.4) is 0 Å². The van der Waals surface area contributed by atoms with Crippen LogP contribution in [-0.2, 0) is 0 Å². The molecule has 7 nitrogen and oxygen atoms in total. The monoisotopic (exact) mass is 316 g/mol. The Bertz CT molecular complexity index is 664. The van der Waals surface area contributed by atoms with Gasteiger partial charge in [0.05, 0.1) is 32.7 Å². The van der Waals surface area contributed by atoms with E-state index in [9.17, 15) is 4.79 Å². The van der Waals surface area contributed by atoms with Gasteiger partial charge in [-0.3, -0.25) is 4.79 Å². The summed E-state index contributed by atoms with van der Waals surface area (Å²) >= 11 is 0. The molecule has 1 aromatic carbocycles. The van der Waals surface area contributed by atoms with Gasteiger partial charge < -0.3 is 14.4 Å². The van der Waals surface area contributed by atoms with E-state index in [0.717, 1.165) is 12.8 Å². The lowest BCUT2D eigenvalue weighted by atomic mass is 10.0. The second-order valence-electron chi connectivity index (χ2n) is 5.44. The summed E-state index contributed by atoms with van der Waals surface area (Å²) in [7, 11) is 3.14. The third-order valence-electron chi connectivity index (χ3n) is 4.15. The zero-order chi connectivity index (χ0) is 16.2. The van der Waals surface area contributed by atoms with E-state index in [1.165, 1.54) is 0 Å². The number of carbonyl (C=O) groups excluding carboxylic acids is 1. The Kier molecular flexibility index (Phi) is 4.45. The van der Waals surface area contributed by atoms with Crippen LogP contribution >= 0.6 is 0 Å². The smallest absolute Gasteiger partial charge is 0.253 e. The average Bonchev–Trinajstić information content (AvgIpc) is 3.15. The summed E-state index contributed by atoms with van der Waals surface area (Å²) in [5, 5.41) is 8.36. The van der Waals surface area contributed by atoms with E-state index in [1.807, 2.05) is 4.90 Å². The van der Waals surface area contributed by atoms with E-state index in [4.69, 9.17) is 9.47 Å². The lowest BCUT2D eigenvalue weighted by molar-refractivity contribution is 0.0683. The van der Waals surface area contributed by atoms with Gasteiger partial charge in [-0.2, -0.15) is 15.0 Å². The SMILES string of the molecule is COc1ccc(C(=O)N2CCC(n3nccn3)CC2)cc1OC. The molecule has 1 fully saturated rings. The molecule has 0 radical (unpaired) electrons. The maximum atomic E-state index is 12.7. The van der Waals surface area contributed by atoms with Gasteiger partial charge in [0, 0.05) is 18.7 Å². The van der Waals surface area contributed by atoms with Gasteiger partial charge >= 0.3 is 0 Å².